The van der Waals surface area contributed by atoms with Crippen LogP contribution in [0.3, 0.4) is 0 Å². The molecule has 2 rings (SSSR count). The normalized spacial score (nSPS) is 16.3. The van der Waals surface area contributed by atoms with Gasteiger partial charge >= 0.3 is 0 Å². The molecule has 1 heterocycles. The van der Waals surface area contributed by atoms with Crippen molar-refractivity contribution >= 4 is 23.2 Å². The largest absolute Gasteiger partial charge is 0.294 e. The lowest BCUT2D eigenvalue weighted by atomic mass is 9.92. The summed E-state index contributed by atoms with van der Waals surface area (Å²) in [6.45, 7) is 1.76. The molecule has 1 aliphatic heterocycles. The van der Waals surface area contributed by atoms with E-state index in [2.05, 4.69) is 0 Å². The summed E-state index contributed by atoms with van der Waals surface area (Å²) >= 11 is 1.94. The van der Waals surface area contributed by atoms with Gasteiger partial charge < -0.3 is 0 Å². The van der Waals surface area contributed by atoms with E-state index >= 15 is 0 Å². The Morgan fingerprint density at radius 3 is 2.68 bits per heavy atom. The lowest BCUT2D eigenvalue weighted by Crippen LogP contribution is -2.15. The summed E-state index contributed by atoms with van der Waals surface area (Å²) in [6, 6.07) is 4.48. The number of Topliss-reactive ketones (excluding diaryl/α,β-unsaturated/α-hetero) is 1. The molecule has 0 radical (unpaired) electrons. The van der Waals surface area contributed by atoms with Gasteiger partial charge in [-0.1, -0.05) is 0 Å². The van der Waals surface area contributed by atoms with E-state index in [1.54, 1.807) is 13.0 Å². The first-order chi connectivity index (χ1) is 9.08. The van der Waals surface area contributed by atoms with E-state index in [1.807, 2.05) is 11.8 Å². The Morgan fingerprint density at radius 2 is 2.11 bits per heavy atom. The maximum atomic E-state index is 12.2. The van der Waals surface area contributed by atoms with Gasteiger partial charge in [0.15, 0.2) is 5.78 Å². The second-order valence-corrected chi connectivity index (χ2v) is 6.16. The standard InChI is InChI=1S/C14H17NO3S/c1-10-8-12(15(17)18)2-3-13(10)14(16)9-11-4-6-19-7-5-11/h2-3,8,11H,4-7,9H2,1H3. The van der Waals surface area contributed by atoms with Gasteiger partial charge in [0.05, 0.1) is 4.92 Å². The monoisotopic (exact) mass is 279 g/mol. The summed E-state index contributed by atoms with van der Waals surface area (Å²) in [5.74, 6) is 2.86. The molecule has 0 aliphatic carbocycles. The third-order valence-corrected chi connectivity index (χ3v) is 4.58. The van der Waals surface area contributed by atoms with Crippen molar-refractivity contribution in [1.82, 2.24) is 0 Å². The number of ketones is 1. The molecule has 0 amide bonds. The van der Waals surface area contributed by atoms with Crippen molar-refractivity contribution in [3.8, 4) is 0 Å². The average molecular weight is 279 g/mol. The quantitative estimate of drug-likeness (QED) is 0.480. The molecule has 1 aromatic rings. The topological polar surface area (TPSA) is 60.2 Å². The predicted molar refractivity (Wildman–Crippen MR) is 76.8 cm³/mol. The van der Waals surface area contributed by atoms with Crippen LogP contribution in [0.1, 0.15) is 35.2 Å². The maximum Gasteiger partial charge on any atom is 0.269 e. The highest BCUT2D eigenvalue weighted by atomic mass is 32.2. The number of carbonyl (C=O) groups is 1. The number of nitro benzene ring substituents is 1. The number of thioether (sulfide) groups is 1. The van der Waals surface area contributed by atoms with Crippen LogP contribution in [0, 0.1) is 23.0 Å². The van der Waals surface area contributed by atoms with E-state index in [1.165, 1.54) is 12.1 Å². The molecule has 0 aromatic heterocycles. The fraction of sp³-hybridized carbons (Fsp3) is 0.500. The third kappa shape index (κ3) is 3.56. The molecule has 0 unspecified atom stereocenters. The summed E-state index contributed by atoms with van der Waals surface area (Å²) in [7, 11) is 0. The van der Waals surface area contributed by atoms with E-state index in [0.29, 0.717) is 23.5 Å². The first-order valence-electron chi connectivity index (χ1n) is 6.44. The Kier molecular flexibility index (Phi) is 4.58. The molecule has 0 saturated carbocycles. The molecule has 5 heteroatoms. The Hall–Kier alpha value is -1.36. The van der Waals surface area contributed by atoms with Gasteiger partial charge in [-0.3, -0.25) is 14.9 Å². The number of non-ortho nitro benzene ring substituents is 1. The Morgan fingerprint density at radius 1 is 1.42 bits per heavy atom. The Labute approximate surface area is 116 Å². The zero-order valence-electron chi connectivity index (χ0n) is 10.9. The lowest BCUT2D eigenvalue weighted by Gasteiger charge is -2.20. The number of carbonyl (C=O) groups excluding carboxylic acids is 1. The molecule has 1 aliphatic rings. The molecular formula is C14H17NO3S. The predicted octanol–water partition coefficient (Wildman–Crippen LogP) is 3.62. The number of benzene rings is 1. The van der Waals surface area contributed by atoms with Crippen molar-refractivity contribution in [2.75, 3.05) is 11.5 Å². The zero-order chi connectivity index (χ0) is 13.8. The van der Waals surface area contributed by atoms with Crippen molar-refractivity contribution in [3.05, 3.63) is 39.4 Å². The molecule has 1 fully saturated rings. The van der Waals surface area contributed by atoms with Crippen LogP contribution in [0.2, 0.25) is 0 Å². The van der Waals surface area contributed by atoms with E-state index in [9.17, 15) is 14.9 Å². The van der Waals surface area contributed by atoms with Crippen LogP contribution >= 0.6 is 11.8 Å². The fourth-order valence-electron chi connectivity index (χ4n) is 2.40. The van der Waals surface area contributed by atoms with E-state index < -0.39 is 4.92 Å². The van der Waals surface area contributed by atoms with Crippen LogP contribution in [0.5, 0.6) is 0 Å². The van der Waals surface area contributed by atoms with Gasteiger partial charge in [-0.25, -0.2) is 0 Å². The van der Waals surface area contributed by atoms with Gasteiger partial charge in [-0.2, -0.15) is 11.8 Å². The van der Waals surface area contributed by atoms with E-state index in [4.69, 9.17) is 0 Å². The number of hydrogen-bond acceptors (Lipinski definition) is 4. The number of nitrogens with zero attached hydrogens (tertiary/aromatic N) is 1. The average Bonchev–Trinajstić information content (AvgIpc) is 2.39. The number of nitro groups is 1. The Bertz CT molecular complexity index is 495. The summed E-state index contributed by atoms with van der Waals surface area (Å²) in [6.07, 6.45) is 2.77. The summed E-state index contributed by atoms with van der Waals surface area (Å²) in [4.78, 5) is 22.5. The maximum absolute atomic E-state index is 12.2. The van der Waals surface area contributed by atoms with Crippen molar-refractivity contribution in [3.63, 3.8) is 0 Å². The molecule has 4 nitrogen and oxygen atoms in total. The molecule has 19 heavy (non-hydrogen) atoms. The molecule has 102 valence electrons. The first kappa shape index (κ1) is 14.1. The van der Waals surface area contributed by atoms with Gasteiger partial charge in [0.25, 0.3) is 5.69 Å². The Balaban J connectivity index is 2.08. The summed E-state index contributed by atoms with van der Waals surface area (Å²) in [5, 5.41) is 10.7. The van der Waals surface area contributed by atoms with E-state index in [-0.39, 0.29) is 11.5 Å². The minimum Gasteiger partial charge on any atom is -0.294 e. The molecule has 1 saturated heterocycles. The molecule has 0 atom stereocenters. The minimum absolute atomic E-state index is 0.0446. The van der Waals surface area contributed by atoms with Crippen molar-refractivity contribution < 1.29 is 9.72 Å². The number of rotatable bonds is 4. The molecular weight excluding hydrogens is 262 g/mol. The van der Waals surface area contributed by atoms with Crippen molar-refractivity contribution in [2.24, 2.45) is 5.92 Å². The van der Waals surface area contributed by atoms with E-state index in [0.717, 1.165) is 24.3 Å². The number of aryl methyl sites for hydroxylation is 1. The van der Waals surface area contributed by atoms with Gasteiger partial charge in [-0.15, -0.1) is 0 Å². The van der Waals surface area contributed by atoms with Crippen molar-refractivity contribution in [2.45, 2.75) is 26.2 Å². The zero-order valence-corrected chi connectivity index (χ0v) is 11.7. The molecule has 1 aromatic carbocycles. The minimum atomic E-state index is -0.431. The highest BCUT2D eigenvalue weighted by Gasteiger charge is 2.20. The van der Waals surface area contributed by atoms with Crippen molar-refractivity contribution in [1.29, 1.82) is 0 Å². The molecule has 0 bridgehead atoms. The second-order valence-electron chi connectivity index (χ2n) is 4.94. The molecule has 0 N–H and O–H groups in total. The van der Waals surface area contributed by atoms with Crippen LogP contribution in [0.25, 0.3) is 0 Å². The van der Waals surface area contributed by atoms with Crippen LogP contribution in [0.15, 0.2) is 18.2 Å². The van der Waals surface area contributed by atoms with Crippen LogP contribution in [-0.2, 0) is 0 Å². The molecule has 0 spiro atoms. The van der Waals surface area contributed by atoms with Crippen LogP contribution in [0.4, 0.5) is 5.69 Å². The first-order valence-corrected chi connectivity index (χ1v) is 7.59. The number of hydrogen-bond donors (Lipinski definition) is 0. The van der Waals surface area contributed by atoms with Crippen LogP contribution < -0.4 is 0 Å². The van der Waals surface area contributed by atoms with Crippen LogP contribution in [-0.4, -0.2) is 22.2 Å². The second kappa shape index (κ2) is 6.19. The summed E-state index contributed by atoms with van der Waals surface area (Å²) in [5.41, 5.74) is 1.37. The van der Waals surface area contributed by atoms with Gasteiger partial charge in [0.1, 0.15) is 0 Å². The lowest BCUT2D eigenvalue weighted by molar-refractivity contribution is -0.384. The highest BCUT2D eigenvalue weighted by molar-refractivity contribution is 7.99. The van der Waals surface area contributed by atoms with Gasteiger partial charge in [0.2, 0.25) is 0 Å². The fourth-order valence-corrected chi connectivity index (χ4v) is 3.60. The highest BCUT2D eigenvalue weighted by Crippen LogP contribution is 2.27. The van der Waals surface area contributed by atoms with Gasteiger partial charge in [-0.05, 0) is 48.8 Å². The van der Waals surface area contributed by atoms with Gasteiger partial charge in [0, 0.05) is 24.1 Å². The smallest absolute Gasteiger partial charge is 0.269 e. The summed E-state index contributed by atoms with van der Waals surface area (Å²) < 4.78 is 0. The third-order valence-electron chi connectivity index (χ3n) is 3.54. The SMILES string of the molecule is Cc1cc([N+](=O)[O-])ccc1C(=O)CC1CCSCC1.